The summed E-state index contributed by atoms with van der Waals surface area (Å²) in [5, 5.41) is 0. The van der Waals surface area contributed by atoms with Crippen LogP contribution in [0, 0.1) is 0 Å². The molecule has 0 aliphatic carbocycles. The van der Waals surface area contributed by atoms with Crippen molar-refractivity contribution < 1.29 is 13.5 Å². The highest BCUT2D eigenvalue weighted by atomic mass is 79.9. The average Bonchev–Trinajstić information content (AvgIpc) is 2.83. The molecule has 1 aromatic heterocycles. The first kappa shape index (κ1) is 13.8. The summed E-state index contributed by atoms with van der Waals surface area (Å²) >= 11 is 3.37. The maximum Gasteiger partial charge on any atom is 0.387 e. The van der Waals surface area contributed by atoms with E-state index in [0.29, 0.717) is 17.0 Å². The number of ether oxygens (including phenoxy) is 1. The Kier molecular flexibility index (Phi) is 3.50. The molecule has 0 bridgehead atoms. The fourth-order valence-electron chi connectivity index (χ4n) is 2.04. The van der Waals surface area contributed by atoms with Crippen LogP contribution >= 0.6 is 15.9 Å². The Bertz CT molecular complexity index is 787. The summed E-state index contributed by atoms with van der Waals surface area (Å²) in [6, 6.07) is 9.88. The van der Waals surface area contributed by atoms with Crippen LogP contribution in [0.15, 0.2) is 40.9 Å². The highest BCUT2D eigenvalue weighted by Crippen LogP contribution is 2.28. The first-order chi connectivity index (χ1) is 10.0. The van der Waals surface area contributed by atoms with E-state index in [-0.39, 0.29) is 5.75 Å². The summed E-state index contributed by atoms with van der Waals surface area (Å²) in [7, 11) is 0. The lowest BCUT2D eigenvalue weighted by molar-refractivity contribution is -0.0498. The molecule has 0 aliphatic heterocycles. The minimum absolute atomic E-state index is 0.104. The van der Waals surface area contributed by atoms with E-state index >= 15 is 0 Å². The predicted molar refractivity (Wildman–Crippen MR) is 80.3 cm³/mol. The summed E-state index contributed by atoms with van der Waals surface area (Å²) in [5.74, 6) is 0.713. The van der Waals surface area contributed by atoms with Gasteiger partial charge in [-0.25, -0.2) is 4.98 Å². The maximum absolute atomic E-state index is 12.1. The third-order valence-corrected chi connectivity index (χ3v) is 3.39. The first-order valence-electron chi connectivity index (χ1n) is 6.03. The number of H-pyrrole nitrogens is 1. The van der Waals surface area contributed by atoms with Gasteiger partial charge in [-0.3, -0.25) is 0 Å². The van der Waals surface area contributed by atoms with Gasteiger partial charge in [-0.1, -0.05) is 15.9 Å². The number of nitrogens with two attached hydrogens (primary N) is 1. The van der Waals surface area contributed by atoms with Gasteiger partial charge in [0.25, 0.3) is 0 Å². The summed E-state index contributed by atoms with van der Waals surface area (Å²) in [5.41, 5.74) is 8.68. The number of imidazole rings is 1. The number of alkyl halides is 2. The van der Waals surface area contributed by atoms with Gasteiger partial charge in [0.15, 0.2) is 0 Å². The van der Waals surface area contributed by atoms with Crippen LogP contribution in [0.5, 0.6) is 5.75 Å². The van der Waals surface area contributed by atoms with Gasteiger partial charge in [0.1, 0.15) is 17.1 Å². The molecule has 7 heteroatoms. The Hall–Kier alpha value is -2.15. The highest BCUT2D eigenvalue weighted by Gasteiger charge is 2.10. The van der Waals surface area contributed by atoms with E-state index in [0.717, 1.165) is 15.6 Å². The van der Waals surface area contributed by atoms with Crippen molar-refractivity contribution in [2.75, 3.05) is 5.73 Å². The molecule has 0 spiro atoms. The van der Waals surface area contributed by atoms with Gasteiger partial charge < -0.3 is 15.5 Å². The normalized spacial score (nSPS) is 11.2. The monoisotopic (exact) mass is 353 g/mol. The predicted octanol–water partition coefficient (Wildman–Crippen LogP) is 4.18. The van der Waals surface area contributed by atoms with Crippen molar-refractivity contribution in [3.05, 3.63) is 40.9 Å². The van der Waals surface area contributed by atoms with Crippen LogP contribution < -0.4 is 10.5 Å². The SMILES string of the molecule is Nc1cc(Br)cc2[nH]c(-c3ccc(OC(F)F)cc3)nc12. The number of aromatic nitrogens is 2. The van der Waals surface area contributed by atoms with Crippen LogP contribution in [0.4, 0.5) is 14.5 Å². The molecular weight excluding hydrogens is 344 g/mol. The molecule has 4 nitrogen and oxygen atoms in total. The lowest BCUT2D eigenvalue weighted by atomic mass is 10.2. The summed E-state index contributed by atoms with van der Waals surface area (Å²) in [6.45, 7) is -2.83. The van der Waals surface area contributed by atoms with Gasteiger partial charge in [0, 0.05) is 10.0 Å². The van der Waals surface area contributed by atoms with E-state index in [4.69, 9.17) is 5.73 Å². The number of rotatable bonds is 3. The van der Waals surface area contributed by atoms with Gasteiger partial charge in [-0.05, 0) is 36.4 Å². The molecule has 0 saturated heterocycles. The number of hydrogen-bond acceptors (Lipinski definition) is 3. The summed E-state index contributed by atoms with van der Waals surface area (Å²) in [4.78, 5) is 7.57. The fraction of sp³-hybridized carbons (Fsp3) is 0.0714. The van der Waals surface area contributed by atoms with Crippen LogP contribution in [-0.4, -0.2) is 16.6 Å². The number of aromatic amines is 1. The van der Waals surface area contributed by atoms with Crippen LogP contribution in [-0.2, 0) is 0 Å². The van der Waals surface area contributed by atoms with Crippen molar-refractivity contribution in [1.82, 2.24) is 9.97 Å². The molecule has 0 saturated carbocycles. The third-order valence-electron chi connectivity index (χ3n) is 2.93. The van der Waals surface area contributed by atoms with Crippen LogP contribution in [0.25, 0.3) is 22.4 Å². The molecule has 0 unspecified atom stereocenters. The van der Waals surface area contributed by atoms with Crippen LogP contribution in [0.1, 0.15) is 0 Å². The Labute approximate surface area is 127 Å². The Morgan fingerprint density at radius 1 is 1.19 bits per heavy atom. The Morgan fingerprint density at radius 2 is 1.90 bits per heavy atom. The molecule has 3 rings (SSSR count). The molecule has 0 atom stereocenters. The second-order valence-corrected chi connectivity index (χ2v) is 5.30. The molecule has 0 fully saturated rings. The Morgan fingerprint density at radius 3 is 2.57 bits per heavy atom. The average molecular weight is 354 g/mol. The molecule has 3 aromatic rings. The standard InChI is InChI=1S/C14H10BrF2N3O/c15-8-5-10(18)12-11(6-8)19-13(20-12)7-1-3-9(4-2-7)21-14(16)17/h1-6,14H,18H2,(H,19,20). The summed E-state index contributed by atoms with van der Waals surface area (Å²) < 4.78 is 29.4. The topological polar surface area (TPSA) is 63.9 Å². The Balaban J connectivity index is 1.98. The lowest BCUT2D eigenvalue weighted by Gasteiger charge is -2.04. The van der Waals surface area contributed by atoms with Gasteiger partial charge in [0.2, 0.25) is 0 Å². The van der Waals surface area contributed by atoms with E-state index in [1.807, 2.05) is 6.07 Å². The molecule has 0 amide bonds. The van der Waals surface area contributed by atoms with E-state index < -0.39 is 6.61 Å². The van der Waals surface area contributed by atoms with Crippen molar-refractivity contribution in [2.45, 2.75) is 6.61 Å². The van der Waals surface area contributed by atoms with Gasteiger partial charge in [-0.15, -0.1) is 0 Å². The van der Waals surface area contributed by atoms with E-state index in [1.54, 1.807) is 18.2 Å². The van der Waals surface area contributed by atoms with Crippen molar-refractivity contribution in [3.8, 4) is 17.1 Å². The second kappa shape index (κ2) is 5.33. The third kappa shape index (κ3) is 2.82. The van der Waals surface area contributed by atoms with Crippen molar-refractivity contribution in [1.29, 1.82) is 0 Å². The molecule has 1 heterocycles. The van der Waals surface area contributed by atoms with Crippen molar-refractivity contribution in [3.63, 3.8) is 0 Å². The zero-order valence-corrected chi connectivity index (χ0v) is 12.2. The first-order valence-corrected chi connectivity index (χ1v) is 6.82. The zero-order valence-electron chi connectivity index (χ0n) is 10.6. The van der Waals surface area contributed by atoms with Crippen LogP contribution in [0.2, 0.25) is 0 Å². The second-order valence-electron chi connectivity index (χ2n) is 4.38. The van der Waals surface area contributed by atoms with Crippen molar-refractivity contribution >= 4 is 32.7 Å². The van der Waals surface area contributed by atoms with Crippen LogP contribution in [0.3, 0.4) is 0 Å². The van der Waals surface area contributed by atoms with E-state index in [1.165, 1.54) is 12.1 Å². The van der Waals surface area contributed by atoms with Gasteiger partial charge >= 0.3 is 6.61 Å². The smallest absolute Gasteiger partial charge is 0.387 e. The molecule has 3 N–H and O–H groups in total. The molecule has 21 heavy (non-hydrogen) atoms. The number of fused-ring (bicyclic) bond motifs is 1. The molecule has 0 radical (unpaired) electrons. The largest absolute Gasteiger partial charge is 0.435 e. The number of hydrogen-bond donors (Lipinski definition) is 2. The quantitative estimate of drug-likeness (QED) is 0.694. The molecular formula is C14H10BrF2N3O. The highest BCUT2D eigenvalue weighted by molar-refractivity contribution is 9.10. The van der Waals surface area contributed by atoms with Crippen molar-refractivity contribution in [2.24, 2.45) is 0 Å². The molecule has 2 aromatic carbocycles. The zero-order chi connectivity index (χ0) is 15.0. The molecule has 0 aliphatic rings. The van der Waals surface area contributed by atoms with E-state index in [9.17, 15) is 8.78 Å². The minimum atomic E-state index is -2.83. The number of halogens is 3. The number of nitrogen functional groups attached to an aromatic ring is 1. The summed E-state index contributed by atoms with van der Waals surface area (Å²) in [6.07, 6.45) is 0. The fourth-order valence-corrected chi connectivity index (χ4v) is 2.51. The van der Waals surface area contributed by atoms with Gasteiger partial charge in [-0.2, -0.15) is 8.78 Å². The molecule has 108 valence electrons. The number of nitrogens with one attached hydrogen (secondary N) is 1. The minimum Gasteiger partial charge on any atom is -0.435 e. The van der Waals surface area contributed by atoms with E-state index in [2.05, 4.69) is 30.6 Å². The number of nitrogens with zero attached hydrogens (tertiary/aromatic N) is 1. The van der Waals surface area contributed by atoms with Gasteiger partial charge in [0.05, 0.1) is 11.2 Å². The number of benzene rings is 2. The maximum atomic E-state index is 12.1. The number of anilines is 1. The lowest BCUT2D eigenvalue weighted by Crippen LogP contribution is -2.01.